The molecule has 0 radical (unpaired) electrons. The van der Waals surface area contributed by atoms with Crippen molar-refractivity contribution >= 4 is 0 Å². The fraction of sp³-hybridized carbons (Fsp3) is 0.857. The number of rotatable bonds is 1. The van der Waals surface area contributed by atoms with Gasteiger partial charge in [-0.05, 0) is 25.3 Å². The zero-order chi connectivity index (χ0) is 12.1. The van der Waals surface area contributed by atoms with Gasteiger partial charge in [0.15, 0.2) is 0 Å². The van der Waals surface area contributed by atoms with Crippen molar-refractivity contribution in [1.82, 2.24) is 0 Å². The van der Waals surface area contributed by atoms with E-state index in [1.165, 1.54) is 32.1 Å². The Balaban J connectivity index is 0. The molecule has 0 aromatic heterocycles. The second-order valence-electron chi connectivity index (χ2n) is 4.00. The van der Waals surface area contributed by atoms with Crippen molar-refractivity contribution in [2.75, 3.05) is 0 Å². The summed E-state index contributed by atoms with van der Waals surface area (Å²) in [6, 6.07) is 0. The van der Waals surface area contributed by atoms with E-state index in [-0.39, 0.29) is 0 Å². The topological polar surface area (TPSA) is 20.2 Å². The van der Waals surface area contributed by atoms with Crippen LogP contribution in [-0.4, -0.2) is 5.11 Å². The molecule has 1 fully saturated rings. The summed E-state index contributed by atoms with van der Waals surface area (Å²) in [5.74, 6) is 1.45. The second-order valence-corrected chi connectivity index (χ2v) is 4.00. The van der Waals surface area contributed by atoms with Crippen LogP contribution in [0.5, 0.6) is 0 Å². The molecule has 0 spiro atoms. The van der Waals surface area contributed by atoms with Gasteiger partial charge in [-0.15, -0.1) is 0 Å². The van der Waals surface area contributed by atoms with E-state index in [1.807, 2.05) is 20.8 Å². The van der Waals surface area contributed by atoms with Crippen LogP contribution >= 0.6 is 0 Å². The summed E-state index contributed by atoms with van der Waals surface area (Å²) in [5, 5.41) is 8.41. The van der Waals surface area contributed by atoms with Crippen LogP contribution in [0, 0.1) is 5.92 Å². The van der Waals surface area contributed by atoms with Crippen LogP contribution in [0.4, 0.5) is 0 Å². The summed E-state index contributed by atoms with van der Waals surface area (Å²) in [6.07, 6.45) is 10.1. The molecule has 0 atom stereocenters. The lowest BCUT2D eigenvalue weighted by atomic mass is 9.91. The minimum atomic E-state index is 0.414. The Kier molecular flexibility index (Phi) is 15.3. The normalized spacial score (nSPS) is 17.0. The van der Waals surface area contributed by atoms with Gasteiger partial charge in [0, 0.05) is 0 Å². The van der Waals surface area contributed by atoms with Gasteiger partial charge in [0.25, 0.3) is 0 Å². The Hall–Kier alpha value is -0.460. The monoisotopic (exact) mass is 214 g/mol. The van der Waals surface area contributed by atoms with Crippen LogP contribution in [0.3, 0.4) is 0 Å². The molecule has 1 N–H and O–H groups in total. The van der Waals surface area contributed by atoms with Gasteiger partial charge in [-0.25, -0.2) is 0 Å². The molecule has 15 heavy (non-hydrogen) atoms. The molecule has 0 saturated heterocycles. The average Bonchev–Trinajstić information content (AvgIpc) is 2.22. The summed E-state index contributed by atoms with van der Waals surface area (Å²) >= 11 is 0. The molecule has 0 aromatic rings. The molecule has 0 unspecified atom stereocenters. The van der Waals surface area contributed by atoms with Crippen LogP contribution in [-0.2, 0) is 0 Å². The van der Waals surface area contributed by atoms with Crippen molar-refractivity contribution in [1.29, 1.82) is 0 Å². The molecule has 0 bridgehead atoms. The maximum absolute atomic E-state index is 8.41. The van der Waals surface area contributed by atoms with Crippen molar-refractivity contribution in [2.24, 2.45) is 5.92 Å². The molecular formula is C14H30O. The number of hydrogen-bond donors (Lipinski definition) is 1. The summed E-state index contributed by atoms with van der Waals surface area (Å²) in [5.41, 5.74) is 0. The molecule has 1 heteroatoms. The fourth-order valence-electron chi connectivity index (χ4n) is 1.60. The highest BCUT2D eigenvalue weighted by molar-refractivity contribution is 4.83. The van der Waals surface area contributed by atoms with Crippen molar-refractivity contribution in [3.8, 4) is 0 Å². The Bertz CT molecular complexity index is 128. The van der Waals surface area contributed by atoms with Crippen molar-refractivity contribution < 1.29 is 5.11 Å². The van der Waals surface area contributed by atoms with Gasteiger partial charge < -0.3 is 5.11 Å². The van der Waals surface area contributed by atoms with E-state index in [2.05, 4.69) is 6.92 Å². The number of hydrogen-bond acceptors (Lipinski definition) is 1. The van der Waals surface area contributed by atoms with Gasteiger partial charge in [0.1, 0.15) is 0 Å². The minimum absolute atomic E-state index is 0.414. The highest BCUT2D eigenvalue weighted by Crippen LogP contribution is 2.22. The smallest absolute Gasteiger partial charge is 0.0851 e. The molecule has 1 saturated carbocycles. The van der Waals surface area contributed by atoms with E-state index in [9.17, 15) is 0 Å². The largest absolute Gasteiger partial charge is 0.513 e. The van der Waals surface area contributed by atoms with Crippen molar-refractivity contribution in [3.05, 3.63) is 11.8 Å². The third-order valence-corrected chi connectivity index (χ3v) is 2.39. The molecule has 1 aliphatic rings. The highest BCUT2D eigenvalue weighted by Gasteiger charge is 2.05. The zero-order valence-electron chi connectivity index (χ0n) is 11.3. The van der Waals surface area contributed by atoms with Crippen LogP contribution in [0.1, 0.15) is 73.1 Å². The molecule has 1 nitrogen and oxygen atoms in total. The third kappa shape index (κ3) is 16.2. The molecule has 0 heterocycles. The lowest BCUT2D eigenvalue weighted by Gasteiger charge is -2.15. The molecule has 0 aromatic carbocycles. The van der Waals surface area contributed by atoms with Gasteiger partial charge in [-0.1, -0.05) is 59.8 Å². The molecule has 1 aliphatic carbocycles. The predicted molar refractivity (Wildman–Crippen MR) is 70.3 cm³/mol. The Morgan fingerprint density at radius 3 is 1.80 bits per heavy atom. The number of aliphatic hydroxyl groups is 1. The van der Waals surface area contributed by atoms with Gasteiger partial charge in [-0.3, -0.25) is 0 Å². The van der Waals surface area contributed by atoms with Crippen molar-refractivity contribution in [3.63, 3.8) is 0 Å². The highest BCUT2D eigenvalue weighted by atomic mass is 16.3. The summed E-state index contributed by atoms with van der Waals surface area (Å²) < 4.78 is 0. The first-order valence-corrected chi connectivity index (χ1v) is 6.52. The van der Waals surface area contributed by atoms with Crippen LogP contribution < -0.4 is 0 Å². The second kappa shape index (κ2) is 13.5. The minimum Gasteiger partial charge on any atom is -0.513 e. The maximum atomic E-state index is 8.41. The number of aliphatic hydroxyl groups excluding tert-OH is 1. The van der Waals surface area contributed by atoms with E-state index in [4.69, 9.17) is 5.11 Å². The Morgan fingerprint density at radius 1 is 1.20 bits per heavy atom. The van der Waals surface area contributed by atoms with Gasteiger partial charge >= 0.3 is 0 Å². The molecule has 1 rings (SSSR count). The zero-order valence-corrected chi connectivity index (χ0v) is 11.3. The first-order valence-electron chi connectivity index (χ1n) is 6.52. The van der Waals surface area contributed by atoms with Crippen LogP contribution in [0.2, 0.25) is 0 Å². The van der Waals surface area contributed by atoms with Gasteiger partial charge in [0.2, 0.25) is 0 Å². The van der Waals surface area contributed by atoms with E-state index in [0.717, 1.165) is 12.3 Å². The lowest BCUT2D eigenvalue weighted by Crippen LogP contribution is -1.99. The molecule has 0 aliphatic heterocycles. The SMILES string of the molecule is CC.CC1CCCCC1.CCC=C(C)O. The Morgan fingerprint density at radius 2 is 1.67 bits per heavy atom. The Labute approximate surface area is 96.6 Å². The number of allylic oxidation sites excluding steroid dienone is 2. The average molecular weight is 214 g/mol. The van der Waals surface area contributed by atoms with Crippen LogP contribution in [0.15, 0.2) is 11.8 Å². The van der Waals surface area contributed by atoms with Gasteiger partial charge in [-0.2, -0.15) is 0 Å². The molecule has 0 amide bonds. The first-order chi connectivity index (χ1) is 7.16. The lowest BCUT2D eigenvalue weighted by molar-refractivity contribution is 0.385. The quantitative estimate of drug-likeness (QED) is 0.574. The van der Waals surface area contributed by atoms with E-state index >= 15 is 0 Å². The molecule has 92 valence electrons. The van der Waals surface area contributed by atoms with E-state index in [0.29, 0.717) is 5.76 Å². The standard InChI is InChI=1S/C7H14.C5H10O.C2H6/c1-7-5-3-2-4-6-7;1-3-4-5(2)6;1-2/h7H,2-6H2,1H3;4,6H,3H2,1-2H3;1-2H3. The fourth-order valence-corrected chi connectivity index (χ4v) is 1.60. The third-order valence-electron chi connectivity index (χ3n) is 2.39. The van der Waals surface area contributed by atoms with E-state index in [1.54, 1.807) is 13.0 Å². The summed E-state index contributed by atoms with van der Waals surface area (Å²) in [6.45, 7) is 10.0. The first kappa shape index (κ1) is 17.0. The predicted octanol–water partition coefficient (Wildman–Crippen LogP) is 5.47. The summed E-state index contributed by atoms with van der Waals surface area (Å²) in [4.78, 5) is 0. The van der Waals surface area contributed by atoms with Gasteiger partial charge in [0.05, 0.1) is 5.76 Å². The van der Waals surface area contributed by atoms with Crippen molar-refractivity contribution in [2.45, 2.75) is 73.1 Å². The van der Waals surface area contributed by atoms with Crippen LogP contribution in [0.25, 0.3) is 0 Å². The molecular weight excluding hydrogens is 184 g/mol. The summed E-state index contributed by atoms with van der Waals surface area (Å²) in [7, 11) is 0. The van der Waals surface area contributed by atoms with E-state index < -0.39 is 0 Å². The maximum Gasteiger partial charge on any atom is 0.0851 e.